The molecule has 0 saturated carbocycles. The summed E-state index contributed by atoms with van der Waals surface area (Å²) in [7, 11) is 0. The number of carbonyl (C=O) groups is 1. The fourth-order valence-corrected chi connectivity index (χ4v) is 3.49. The van der Waals surface area contributed by atoms with Crippen LogP contribution in [0.25, 0.3) is 22.4 Å². The number of para-hydroxylation sites is 2. The minimum absolute atomic E-state index is 0.0538. The zero-order valence-electron chi connectivity index (χ0n) is 13.2. The highest BCUT2D eigenvalue weighted by Crippen LogP contribution is 2.34. The van der Waals surface area contributed by atoms with Gasteiger partial charge in [0.05, 0.1) is 21.1 Å². The van der Waals surface area contributed by atoms with E-state index in [1.165, 1.54) is 11.3 Å². The quantitative estimate of drug-likeness (QED) is 0.544. The van der Waals surface area contributed by atoms with Gasteiger partial charge in [0.25, 0.3) is 0 Å². The third-order valence-corrected chi connectivity index (χ3v) is 5.18. The monoisotopic (exact) mass is 403 g/mol. The minimum atomic E-state index is -0.232. The van der Waals surface area contributed by atoms with Crippen LogP contribution >= 0.6 is 34.5 Å². The first-order valence-electron chi connectivity index (χ1n) is 7.59. The Morgan fingerprint density at radius 1 is 1.15 bits per heavy atom. The largest absolute Gasteiger partial charge is 0.314 e. The summed E-state index contributed by atoms with van der Waals surface area (Å²) in [6, 6.07) is 12.9. The molecule has 0 atom stereocenters. The Bertz CT molecular complexity index is 1090. The second-order valence-electron chi connectivity index (χ2n) is 5.40. The molecule has 0 aliphatic rings. The molecular weight excluding hydrogens is 393 g/mol. The van der Waals surface area contributed by atoms with Crippen molar-refractivity contribution < 1.29 is 4.79 Å². The molecule has 130 valence electrons. The van der Waals surface area contributed by atoms with Crippen LogP contribution in [0.3, 0.4) is 0 Å². The molecule has 2 aromatic heterocycles. The van der Waals surface area contributed by atoms with Gasteiger partial charge in [0.15, 0.2) is 0 Å². The molecule has 0 aliphatic heterocycles. The van der Waals surface area contributed by atoms with Crippen molar-refractivity contribution >= 4 is 56.6 Å². The first-order chi connectivity index (χ1) is 12.6. The molecule has 6 nitrogen and oxygen atoms in total. The van der Waals surface area contributed by atoms with Crippen molar-refractivity contribution in [3.63, 3.8) is 0 Å². The first-order valence-corrected chi connectivity index (χ1v) is 9.22. The maximum atomic E-state index is 12.5. The van der Waals surface area contributed by atoms with Crippen LogP contribution in [0.5, 0.6) is 0 Å². The molecule has 0 unspecified atom stereocenters. The molecule has 2 heterocycles. The average Bonchev–Trinajstić information content (AvgIpc) is 3.26. The summed E-state index contributed by atoms with van der Waals surface area (Å²) in [4.78, 5) is 17.1. The van der Waals surface area contributed by atoms with Crippen LogP contribution in [-0.4, -0.2) is 25.7 Å². The van der Waals surface area contributed by atoms with Gasteiger partial charge >= 0.3 is 0 Å². The third-order valence-electron chi connectivity index (χ3n) is 3.76. The van der Waals surface area contributed by atoms with Crippen LogP contribution in [0.1, 0.15) is 0 Å². The standard InChI is InChI=1S/C17H11Cl2N5OS/c18-11-5-3-4-10(15(11)19)16-21-12-6-1-2-7-13(12)24(16)8-14(25)22-17-23-20-9-26-17/h1-7,9H,8H2,(H,22,23,25). The molecule has 2 aromatic carbocycles. The predicted molar refractivity (Wildman–Crippen MR) is 104 cm³/mol. The van der Waals surface area contributed by atoms with E-state index in [1.54, 1.807) is 17.6 Å². The Balaban J connectivity index is 1.79. The van der Waals surface area contributed by atoms with Crippen molar-refractivity contribution in [3.8, 4) is 11.4 Å². The van der Waals surface area contributed by atoms with Crippen molar-refractivity contribution in [2.45, 2.75) is 6.54 Å². The van der Waals surface area contributed by atoms with Gasteiger partial charge in [0.2, 0.25) is 11.0 Å². The molecule has 4 rings (SSSR count). The number of hydrogen-bond acceptors (Lipinski definition) is 5. The van der Waals surface area contributed by atoms with Crippen LogP contribution in [0.4, 0.5) is 5.13 Å². The lowest BCUT2D eigenvalue weighted by Gasteiger charge is -2.10. The van der Waals surface area contributed by atoms with Gasteiger partial charge in [-0.05, 0) is 24.3 Å². The van der Waals surface area contributed by atoms with Crippen LogP contribution in [0, 0.1) is 0 Å². The predicted octanol–water partition coefficient (Wildman–Crippen LogP) is 4.50. The molecule has 26 heavy (non-hydrogen) atoms. The number of imidazole rings is 1. The second-order valence-corrected chi connectivity index (χ2v) is 7.02. The van der Waals surface area contributed by atoms with E-state index in [0.29, 0.717) is 26.6 Å². The maximum Gasteiger partial charge on any atom is 0.246 e. The van der Waals surface area contributed by atoms with Crippen LogP contribution < -0.4 is 5.32 Å². The first kappa shape index (κ1) is 17.0. The Morgan fingerprint density at radius 3 is 2.81 bits per heavy atom. The topological polar surface area (TPSA) is 72.7 Å². The van der Waals surface area contributed by atoms with Gasteiger partial charge in [-0.3, -0.25) is 10.1 Å². The molecule has 0 saturated heterocycles. The van der Waals surface area contributed by atoms with E-state index in [4.69, 9.17) is 23.2 Å². The normalized spacial score (nSPS) is 11.0. The van der Waals surface area contributed by atoms with Crippen molar-refractivity contribution in [2.24, 2.45) is 0 Å². The maximum absolute atomic E-state index is 12.5. The zero-order valence-corrected chi connectivity index (χ0v) is 15.5. The van der Waals surface area contributed by atoms with E-state index in [9.17, 15) is 4.79 Å². The fraction of sp³-hybridized carbons (Fsp3) is 0.0588. The highest BCUT2D eigenvalue weighted by Gasteiger charge is 2.18. The van der Waals surface area contributed by atoms with Crippen molar-refractivity contribution in [3.05, 3.63) is 58.0 Å². The van der Waals surface area contributed by atoms with E-state index >= 15 is 0 Å². The number of nitrogens with zero attached hydrogens (tertiary/aromatic N) is 4. The fourth-order valence-electron chi connectivity index (χ4n) is 2.65. The van der Waals surface area contributed by atoms with Gasteiger partial charge in [-0.2, -0.15) is 0 Å². The van der Waals surface area contributed by atoms with E-state index < -0.39 is 0 Å². The minimum Gasteiger partial charge on any atom is -0.314 e. The van der Waals surface area contributed by atoms with Crippen LogP contribution in [-0.2, 0) is 11.3 Å². The van der Waals surface area contributed by atoms with E-state index in [0.717, 1.165) is 11.0 Å². The number of hydrogen-bond donors (Lipinski definition) is 1. The summed E-state index contributed by atoms with van der Waals surface area (Å²) in [6.45, 7) is 0.0538. The molecular formula is C17H11Cl2N5OS. The molecule has 9 heteroatoms. The molecule has 1 amide bonds. The van der Waals surface area contributed by atoms with Gasteiger partial charge in [0.1, 0.15) is 17.9 Å². The Hall–Kier alpha value is -2.48. The molecule has 1 N–H and O–H groups in total. The molecule has 0 fully saturated rings. The molecule has 0 radical (unpaired) electrons. The van der Waals surface area contributed by atoms with Crippen LogP contribution in [0.2, 0.25) is 10.0 Å². The smallest absolute Gasteiger partial charge is 0.246 e. The second kappa shape index (κ2) is 7.03. The van der Waals surface area contributed by atoms with Gasteiger partial charge in [-0.15, -0.1) is 10.2 Å². The number of rotatable bonds is 4. The third kappa shape index (κ3) is 3.16. The summed E-state index contributed by atoms with van der Waals surface area (Å²) < 4.78 is 1.81. The molecule has 4 aromatic rings. The number of benzene rings is 2. The number of aromatic nitrogens is 4. The number of anilines is 1. The molecule has 0 spiro atoms. The van der Waals surface area contributed by atoms with E-state index in [-0.39, 0.29) is 12.5 Å². The van der Waals surface area contributed by atoms with E-state index in [2.05, 4.69) is 20.5 Å². The number of amides is 1. The molecule has 0 bridgehead atoms. The zero-order chi connectivity index (χ0) is 18.1. The lowest BCUT2D eigenvalue weighted by molar-refractivity contribution is -0.116. The SMILES string of the molecule is O=C(Cn1c(-c2cccc(Cl)c2Cl)nc2ccccc21)Nc1nncs1. The lowest BCUT2D eigenvalue weighted by Crippen LogP contribution is -2.19. The molecule has 0 aliphatic carbocycles. The Morgan fingerprint density at radius 2 is 2.00 bits per heavy atom. The Labute approximate surface area is 162 Å². The lowest BCUT2D eigenvalue weighted by atomic mass is 10.2. The summed E-state index contributed by atoms with van der Waals surface area (Å²) >= 11 is 13.8. The van der Waals surface area contributed by atoms with Gasteiger partial charge in [-0.25, -0.2) is 4.98 Å². The number of halogens is 2. The van der Waals surface area contributed by atoms with Crippen molar-refractivity contribution in [1.29, 1.82) is 0 Å². The summed E-state index contributed by atoms with van der Waals surface area (Å²) in [6.07, 6.45) is 0. The van der Waals surface area contributed by atoms with Crippen molar-refractivity contribution in [2.75, 3.05) is 5.32 Å². The number of fused-ring (bicyclic) bond motifs is 1. The van der Waals surface area contributed by atoms with Gasteiger partial charge in [0, 0.05) is 5.56 Å². The highest BCUT2D eigenvalue weighted by molar-refractivity contribution is 7.13. The summed E-state index contributed by atoms with van der Waals surface area (Å²) in [5.41, 5.74) is 3.81. The number of nitrogens with one attached hydrogen (secondary N) is 1. The van der Waals surface area contributed by atoms with Gasteiger partial charge in [-0.1, -0.05) is 52.7 Å². The van der Waals surface area contributed by atoms with Crippen molar-refractivity contribution in [1.82, 2.24) is 19.7 Å². The van der Waals surface area contributed by atoms with Gasteiger partial charge < -0.3 is 4.57 Å². The Kier molecular flexibility index (Phi) is 4.58. The number of carbonyl (C=O) groups excluding carboxylic acids is 1. The highest BCUT2D eigenvalue weighted by atomic mass is 35.5. The summed E-state index contributed by atoms with van der Waals surface area (Å²) in [5, 5.41) is 11.5. The van der Waals surface area contributed by atoms with E-state index in [1.807, 2.05) is 34.9 Å². The van der Waals surface area contributed by atoms with Crippen LogP contribution in [0.15, 0.2) is 48.0 Å². The summed E-state index contributed by atoms with van der Waals surface area (Å²) in [5.74, 6) is 0.343. The average molecular weight is 404 g/mol.